The van der Waals surface area contributed by atoms with E-state index in [4.69, 9.17) is 10.5 Å². The Balaban J connectivity index is 1.66. The third kappa shape index (κ3) is 8.50. The standard InChI is InChI=1S/C28H25F3N4O3/c1-35(2)14-4-6-21-9-10-22(17-24(21)28(29,30)31)34-26(36)11-8-19-5-3-7-23(15-19)38-18-20-12-13-33-25(16-20)27(32)37/h3,5,7-13,15-17H,14,18H2,1-2H3,(H2,32,37)(H,34,36). The molecule has 0 spiro atoms. The average Bonchev–Trinajstić information content (AvgIpc) is 2.86. The number of hydrogen-bond acceptors (Lipinski definition) is 5. The number of nitrogens with one attached hydrogen (secondary N) is 1. The summed E-state index contributed by atoms with van der Waals surface area (Å²) < 4.78 is 46.4. The number of nitrogens with two attached hydrogens (primary N) is 1. The second-order valence-corrected chi connectivity index (χ2v) is 8.40. The summed E-state index contributed by atoms with van der Waals surface area (Å²) in [5.74, 6) is 4.48. The van der Waals surface area contributed by atoms with Crippen molar-refractivity contribution in [2.45, 2.75) is 12.8 Å². The van der Waals surface area contributed by atoms with E-state index in [2.05, 4.69) is 22.1 Å². The van der Waals surface area contributed by atoms with Crippen LogP contribution < -0.4 is 15.8 Å². The van der Waals surface area contributed by atoms with Gasteiger partial charge in [-0.1, -0.05) is 24.0 Å². The number of hydrogen-bond donors (Lipinski definition) is 2. The van der Waals surface area contributed by atoms with Crippen LogP contribution in [0.1, 0.15) is 32.7 Å². The number of aromatic nitrogens is 1. The second kappa shape index (κ2) is 12.6. The summed E-state index contributed by atoms with van der Waals surface area (Å²) >= 11 is 0. The number of ether oxygens (including phenoxy) is 1. The zero-order chi connectivity index (χ0) is 27.7. The number of rotatable bonds is 8. The number of amides is 2. The molecule has 0 fully saturated rings. The van der Waals surface area contributed by atoms with Crippen LogP contribution in [0, 0.1) is 11.8 Å². The summed E-state index contributed by atoms with van der Waals surface area (Å²) in [5.41, 5.74) is 5.60. The van der Waals surface area contributed by atoms with Crippen LogP contribution in [0.4, 0.5) is 18.9 Å². The van der Waals surface area contributed by atoms with E-state index in [0.29, 0.717) is 23.4 Å². The van der Waals surface area contributed by atoms with Crippen LogP contribution >= 0.6 is 0 Å². The van der Waals surface area contributed by atoms with Crippen LogP contribution in [-0.2, 0) is 17.6 Å². The number of pyridine rings is 1. The molecule has 0 unspecified atom stereocenters. The van der Waals surface area contributed by atoms with Gasteiger partial charge < -0.3 is 15.8 Å². The van der Waals surface area contributed by atoms with Gasteiger partial charge in [-0.2, -0.15) is 13.2 Å². The Labute approximate surface area is 218 Å². The smallest absolute Gasteiger partial charge is 0.417 e. The van der Waals surface area contributed by atoms with E-state index in [1.807, 2.05) is 0 Å². The Morgan fingerprint density at radius 1 is 1.13 bits per heavy atom. The van der Waals surface area contributed by atoms with Crippen LogP contribution in [0.5, 0.6) is 5.75 Å². The van der Waals surface area contributed by atoms with Gasteiger partial charge in [-0.15, -0.1) is 0 Å². The Morgan fingerprint density at radius 3 is 2.63 bits per heavy atom. The van der Waals surface area contributed by atoms with Gasteiger partial charge in [0.05, 0.1) is 12.1 Å². The molecule has 3 rings (SSSR count). The molecular weight excluding hydrogens is 497 g/mol. The molecule has 0 aliphatic rings. The number of benzene rings is 2. The molecule has 1 aromatic heterocycles. The Kier molecular flexibility index (Phi) is 9.24. The molecule has 2 amide bonds. The van der Waals surface area contributed by atoms with E-state index in [1.165, 1.54) is 36.5 Å². The lowest BCUT2D eigenvalue weighted by atomic mass is 10.1. The lowest BCUT2D eigenvalue weighted by Gasteiger charge is -2.12. The maximum atomic E-state index is 13.5. The predicted octanol–water partition coefficient (Wildman–Crippen LogP) is 4.34. The van der Waals surface area contributed by atoms with Crippen LogP contribution in [0.2, 0.25) is 0 Å². The van der Waals surface area contributed by atoms with Crippen LogP contribution in [-0.4, -0.2) is 42.3 Å². The fourth-order valence-corrected chi connectivity index (χ4v) is 3.19. The average molecular weight is 523 g/mol. The topological polar surface area (TPSA) is 97.6 Å². The normalized spacial score (nSPS) is 11.2. The van der Waals surface area contributed by atoms with Gasteiger partial charge in [0.25, 0.3) is 5.91 Å². The number of nitrogens with zero attached hydrogens (tertiary/aromatic N) is 2. The van der Waals surface area contributed by atoms with Gasteiger partial charge in [-0.3, -0.25) is 19.5 Å². The van der Waals surface area contributed by atoms with Crippen molar-refractivity contribution in [1.82, 2.24) is 9.88 Å². The van der Waals surface area contributed by atoms with Crippen LogP contribution in [0.25, 0.3) is 6.08 Å². The maximum absolute atomic E-state index is 13.5. The SMILES string of the molecule is CN(C)CC#Cc1ccc(NC(=O)C=Cc2cccc(OCc3ccnc(C(N)=O)c3)c2)cc1C(F)(F)F. The van der Waals surface area contributed by atoms with Crippen molar-refractivity contribution in [3.63, 3.8) is 0 Å². The zero-order valence-electron chi connectivity index (χ0n) is 20.7. The number of primary amides is 1. The number of halogens is 3. The summed E-state index contributed by atoms with van der Waals surface area (Å²) in [6, 6.07) is 13.5. The molecule has 0 atom stereocenters. The van der Waals surface area contributed by atoms with Crippen molar-refractivity contribution < 1.29 is 27.5 Å². The first-order valence-electron chi connectivity index (χ1n) is 11.3. The number of carbonyl (C=O) groups is 2. The van der Waals surface area contributed by atoms with Gasteiger partial charge in [0, 0.05) is 23.5 Å². The molecule has 0 aliphatic carbocycles. The summed E-state index contributed by atoms with van der Waals surface area (Å²) in [6.45, 7) is 0.473. The highest BCUT2D eigenvalue weighted by molar-refractivity contribution is 6.02. The fourth-order valence-electron chi connectivity index (χ4n) is 3.19. The molecule has 3 aromatic rings. The van der Waals surface area contributed by atoms with Crippen LogP contribution in [0.15, 0.2) is 66.9 Å². The van der Waals surface area contributed by atoms with Crippen molar-refractivity contribution in [1.29, 1.82) is 0 Å². The molecule has 7 nitrogen and oxygen atoms in total. The molecule has 10 heteroatoms. The van der Waals surface area contributed by atoms with Gasteiger partial charge in [0.2, 0.25) is 5.91 Å². The van der Waals surface area contributed by atoms with Crippen molar-refractivity contribution in [2.75, 3.05) is 26.0 Å². The highest BCUT2D eigenvalue weighted by Gasteiger charge is 2.33. The first-order valence-corrected chi connectivity index (χ1v) is 11.3. The molecular formula is C28H25F3N4O3. The summed E-state index contributed by atoms with van der Waals surface area (Å²) in [6.07, 6.45) is -0.456. The van der Waals surface area contributed by atoms with Crippen molar-refractivity contribution in [3.05, 3.63) is 94.8 Å². The first kappa shape index (κ1) is 28.0. The molecule has 0 saturated carbocycles. The lowest BCUT2D eigenvalue weighted by Crippen LogP contribution is -2.13. The summed E-state index contributed by atoms with van der Waals surface area (Å²) in [7, 11) is 3.53. The quantitative estimate of drug-likeness (QED) is 0.339. The highest BCUT2D eigenvalue weighted by atomic mass is 19.4. The first-order chi connectivity index (χ1) is 18.0. The number of alkyl halides is 3. The zero-order valence-corrected chi connectivity index (χ0v) is 20.7. The van der Waals surface area contributed by atoms with Gasteiger partial charge in [-0.25, -0.2) is 0 Å². The molecule has 0 aliphatic heterocycles. The lowest BCUT2D eigenvalue weighted by molar-refractivity contribution is -0.137. The third-order valence-corrected chi connectivity index (χ3v) is 4.98. The van der Waals surface area contributed by atoms with Gasteiger partial charge in [0.1, 0.15) is 18.1 Å². The third-order valence-electron chi connectivity index (χ3n) is 4.98. The van der Waals surface area contributed by atoms with Crippen molar-refractivity contribution >= 4 is 23.6 Å². The molecule has 0 bridgehead atoms. The second-order valence-electron chi connectivity index (χ2n) is 8.40. The minimum atomic E-state index is -4.63. The minimum Gasteiger partial charge on any atom is -0.489 e. The minimum absolute atomic E-state index is 0.00472. The number of carbonyl (C=O) groups excluding carboxylic acids is 2. The highest BCUT2D eigenvalue weighted by Crippen LogP contribution is 2.33. The van der Waals surface area contributed by atoms with Crippen molar-refractivity contribution in [3.8, 4) is 17.6 Å². The summed E-state index contributed by atoms with van der Waals surface area (Å²) in [4.78, 5) is 29.3. The number of anilines is 1. The van der Waals surface area contributed by atoms with E-state index in [1.54, 1.807) is 49.3 Å². The summed E-state index contributed by atoms with van der Waals surface area (Å²) in [5, 5.41) is 2.44. The molecule has 0 saturated heterocycles. The maximum Gasteiger partial charge on any atom is 0.417 e. The monoisotopic (exact) mass is 522 g/mol. The van der Waals surface area contributed by atoms with Gasteiger partial charge in [0.15, 0.2) is 0 Å². The van der Waals surface area contributed by atoms with Gasteiger partial charge >= 0.3 is 6.18 Å². The largest absolute Gasteiger partial charge is 0.489 e. The van der Waals surface area contributed by atoms with E-state index in [0.717, 1.165) is 6.07 Å². The molecule has 1 heterocycles. The molecule has 196 valence electrons. The van der Waals surface area contributed by atoms with E-state index >= 15 is 0 Å². The Morgan fingerprint density at radius 2 is 1.92 bits per heavy atom. The Hall–Kier alpha value is -4.62. The Bertz CT molecular complexity index is 1410. The van der Waals surface area contributed by atoms with E-state index in [9.17, 15) is 22.8 Å². The van der Waals surface area contributed by atoms with E-state index in [-0.39, 0.29) is 23.6 Å². The van der Waals surface area contributed by atoms with Crippen molar-refractivity contribution in [2.24, 2.45) is 5.73 Å². The van der Waals surface area contributed by atoms with E-state index < -0.39 is 23.6 Å². The predicted molar refractivity (Wildman–Crippen MR) is 138 cm³/mol. The molecule has 0 radical (unpaired) electrons. The van der Waals surface area contributed by atoms with Crippen LogP contribution in [0.3, 0.4) is 0 Å². The fraction of sp³-hybridized carbons (Fsp3) is 0.179. The van der Waals surface area contributed by atoms with Gasteiger partial charge in [-0.05, 0) is 73.8 Å². The molecule has 2 aromatic carbocycles. The molecule has 3 N–H and O–H groups in total. The molecule has 38 heavy (non-hydrogen) atoms.